The lowest BCUT2D eigenvalue weighted by atomic mass is 10.1. The average molecular weight is 258 g/mol. The van der Waals surface area contributed by atoms with Crippen LogP contribution in [0.4, 0.5) is 5.82 Å². The van der Waals surface area contributed by atoms with E-state index >= 15 is 0 Å². The van der Waals surface area contributed by atoms with E-state index in [0.29, 0.717) is 18.1 Å². The van der Waals surface area contributed by atoms with Gasteiger partial charge >= 0.3 is 0 Å². The zero-order valence-corrected chi connectivity index (χ0v) is 11.1. The first-order valence-corrected chi connectivity index (χ1v) is 6.31. The summed E-state index contributed by atoms with van der Waals surface area (Å²) in [6.45, 7) is 4.51. The van der Waals surface area contributed by atoms with E-state index in [1.807, 2.05) is 44.2 Å². The van der Waals surface area contributed by atoms with E-state index in [1.165, 1.54) is 0 Å². The van der Waals surface area contributed by atoms with Crippen LogP contribution in [0.1, 0.15) is 35.9 Å². The Morgan fingerprint density at radius 2 is 2.11 bits per heavy atom. The highest BCUT2D eigenvalue weighted by atomic mass is 16.2. The normalized spacial score (nSPS) is 12.1. The lowest BCUT2D eigenvalue weighted by molar-refractivity contribution is 0.0934. The summed E-state index contributed by atoms with van der Waals surface area (Å²) in [5.74, 6) is 0.287. The summed E-state index contributed by atoms with van der Waals surface area (Å²) in [7, 11) is 0. The third-order valence-corrected chi connectivity index (χ3v) is 2.99. The van der Waals surface area contributed by atoms with Gasteiger partial charge in [-0.05, 0) is 19.4 Å². The molecule has 0 spiro atoms. The first-order valence-electron chi connectivity index (χ1n) is 6.31. The molecule has 2 rings (SSSR count). The van der Waals surface area contributed by atoms with Crippen LogP contribution in [0.15, 0.2) is 36.4 Å². The molecule has 0 aliphatic rings. The highest BCUT2D eigenvalue weighted by molar-refractivity contribution is 5.93. The third-order valence-electron chi connectivity index (χ3n) is 2.99. The van der Waals surface area contributed by atoms with Crippen molar-refractivity contribution < 1.29 is 4.79 Å². The Kier molecular flexibility index (Phi) is 3.85. The predicted octanol–water partition coefficient (Wildman–Crippen LogP) is 1.98. The average Bonchev–Trinajstić information content (AvgIpc) is 2.81. The van der Waals surface area contributed by atoms with Crippen LogP contribution in [-0.4, -0.2) is 15.7 Å². The predicted molar refractivity (Wildman–Crippen MR) is 74.6 cm³/mol. The molecule has 0 fully saturated rings. The van der Waals surface area contributed by atoms with E-state index in [2.05, 4.69) is 10.4 Å². The Bertz CT molecular complexity index is 562. The van der Waals surface area contributed by atoms with Gasteiger partial charge in [-0.1, -0.05) is 30.3 Å². The van der Waals surface area contributed by atoms with Gasteiger partial charge in [-0.25, -0.2) is 4.68 Å². The van der Waals surface area contributed by atoms with Crippen LogP contribution in [0, 0.1) is 0 Å². The number of benzene rings is 1. The second kappa shape index (κ2) is 5.56. The Morgan fingerprint density at radius 3 is 2.68 bits per heavy atom. The molecule has 5 nitrogen and oxygen atoms in total. The standard InChI is InChI=1S/C14H18N4O/c1-3-18-13(15)9-12(17-18)14(19)16-10(2)11-7-5-4-6-8-11/h4-10H,3,15H2,1-2H3,(H,16,19)/t10-/m0/s1. The maximum absolute atomic E-state index is 12.1. The van der Waals surface area contributed by atoms with E-state index in [-0.39, 0.29) is 11.9 Å². The van der Waals surface area contributed by atoms with Gasteiger partial charge in [0, 0.05) is 12.6 Å². The van der Waals surface area contributed by atoms with E-state index in [4.69, 9.17) is 5.73 Å². The molecule has 3 N–H and O–H groups in total. The second-order valence-electron chi connectivity index (χ2n) is 4.38. The highest BCUT2D eigenvalue weighted by Crippen LogP contribution is 2.13. The molecule has 1 amide bonds. The Balaban J connectivity index is 2.08. The zero-order chi connectivity index (χ0) is 13.8. The van der Waals surface area contributed by atoms with Crippen LogP contribution in [0.25, 0.3) is 0 Å². The first kappa shape index (κ1) is 13.1. The molecule has 1 aromatic carbocycles. The Morgan fingerprint density at radius 1 is 1.42 bits per heavy atom. The van der Waals surface area contributed by atoms with Gasteiger partial charge in [0.1, 0.15) is 5.82 Å². The number of aromatic nitrogens is 2. The molecule has 0 aliphatic heterocycles. The highest BCUT2D eigenvalue weighted by Gasteiger charge is 2.15. The molecule has 5 heteroatoms. The van der Waals surface area contributed by atoms with Crippen LogP contribution in [0.2, 0.25) is 0 Å². The summed E-state index contributed by atoms with van der Waals surface area (Å²) < 4.78 is 1.60. The van der Waals surface area contributed by atoms with Crippen molar-refractivity contribution in [1.29, 1.82) is 0 Å². The number of amides is 1. The van der Waals surface area contributed by atoms with Gasteiger partial charge in [-0.2, -0.15) is 5.10 Å². The summed E-state index contributed by atoms with van der Waals surface area (Å²) in [5, 5.41) is 7.06. The Hall–Kier alpha value is -2.30. The number of hydrogen-bond donors (Lipinski definition) is 2. The number of aryl methyl sites for hydroxylation is 1. The molecule has 1 atom stereocenters. The molecular formula is C14H18N4O. The van der Waals surface area contributed by atoms with Gasteiger partial charge in [0.15, 0.2) is 5.69 Å². The lowest BCUT2D eigenvalue weighted by Crippen LogP contribution is -2.27. The van der Waals surface area contributed by atoms with E-state index in [0.717, 1.165) is 5.56 Å². The smallest absolute Gasteiger partial charge is 0.272 e. The number of carbonyl (C=O) groups is 1. The van der Waals surface area contributed by atoms with Crippen LogP contribution in [0.3, 0.4) is 0 Å². The minimum atomic E-state index is -0.213. The van der Waals surface area contributed by atoms with Crippen LogP contribution >= 0.6 is 0 Å². The molecule has 0 saturated carbocycles. The zero-order valence-electron chi connectivity index (χ0n) is 11.1. The maximum atomic E-state index is 12.1. The monoisotopic (exact) mass is 258 g/mol. The molecule has 1 heterocycles. The second-order valence-corrected chi connectivity index (χ2v) is 4.38. The van der Waals surface area contributed by atoms with Crippen molar-refractivity contribution >= 4 is 11.7 Å². The third kappa shape index (κ3) is 2.93. The topological polar surface area (TPSA) is 72.9 Å². The molecule has 100 valence electrons. The van der Waals surface area contributed by atoms with Crippen molar-refractivity contribution in [3.63, 3.8) is 0 Å². The number of rotatable bonds is 4. The first-order chi connectivity index (χ1) is 9.11. The molecular weight excluding hydrogens is 240 g/mol. The summed E-state index contributed by atoms with van der Waals surface area (Å²) in [4.78, 5) is 12.1. The summed E-state index contributed by atoms with van der Waals surface area (Å²) >= 11 is 0. The molecule has 0 unspecified atom stereocenters. The van der Waals surface area contributed by atoms with Crippen molar-refractivity contribution in [3.8, 4) is 0 Å². The van der Waals surface area contributed by atoms with Crippen LogP contribution in [-0.2, 0) is 6.54 Å². The number of nitrogens with one attached hydrogen (secondary N) is 1. The minimum absolute atomic E-state index is 0.0679. The number of nitrogens with two attached hydrogens (primary N) is 1. The minimum Gasteiger partial charge on any atom is -0.384 e. The van der Waals surface area contributed by atoms with Crippen molar-refractivity contribution in [2.45, 2.75) is 26.4 Å². The van der Waals surface area contributed by atoms with Crippen molar-refractivity contribution in [2.75, 3.05) is 5.73 Å². The molecule has 0 saturated heterocycles. The number of nitrogen functional groups attached to an aromatic ring is 1. The van der Waals surface area contributed by atoms with Gasteiger partial charge < -0.3 is 11.1 Å². The van der Waals surface area contributed by atoms with Crippen LogP contribution < -0.4 is 11.1 Å². The molecule has 19 heavy (non-hydrogen) atoms. The van der Waals surface area contributed by atoms with E-state index in [9.17, 15) is 4.79 Å². The number of carbonyl (C=O) groups excluding carboxylic acids is 1. The lowest BCUT2D eigenvalue weighted by Gasteiger charge is -2.13. The summed E-state index contributed by atoms with van der Waals surface area (Å²) in [6, 6.07) is 11.3. The molecule has 0 bridgehead atoms. The maximum Gasteiger partial charge on any atom is 0.272 e. The van der Waals surface area contributed by atoms with E-state index in [1.54, 1.807) is 10.7 Å². The van der Waals surface area contributed by atoms with Crippen molar-refractivity contribution in [3.05, 3.63) is 47.7 Å². The fourth-order valence-corrected chi connectivity index (χ4v) is 1.89. The number of nitrogens with zero attached hydrogens (tertiary/aromatic N) is 2. The molecule has 0 radical (unpaired) electrons. The van der Waals surface area contributed by atoms with E-state index < -0.39 is 0 Å². The number of hydrogen-bond acceptors (Lipinski definition) is 3. The van der Waals surface area contributed by atoms with Gasteiger partial charge in [-0.15, -0.1) is 0 Å². The quantitative estimate of drug-likeness (QED) is 0.880. The summed E-state index contributed by atoms with van der Waals surface area (Å²) in [5.41, 5.74) is 7.16. The van der Waals surface area contributed by atoms with Gasteiger partial charge in [-0.3, -0.25) is 4.79 Å². The van der Waals surface area contributed by atoms with Crippen molar-refractivity contribution in [2.24, 2.45) is 0 Å². The molecule has 1 aromatic heterocycles. The van der Waals surface area contributed by atoms with Crippen molar-refractivity contribution in [1.82, 2.24) is 15.1 Å². The van der Waals surface area contributed by atoms with Gasteiger partial charge in [0.05, 0.1) is 6.04 Å². The van der Waals surface area contributed by atoms with Crippen LogP contribution in [0.5, 0.6) is 0 Å². The largest absolute Gasteiger partial charge is 0.384 e. The SMILES string of the molecule is CCn1nc(C(=O)N[C@@H](C)c2ccccc2)cc1N. The molecule has 2 aromatic rings. The fourth-order valence-electron chi connectivity index (χ4n) is 1.89. The molecule has 0 aliphatic carbocycles. The van der Waals surface area contributed by atoms with Gasteiger partial charge in [0.25, 0.3) is 5.91 Å². The Labute approximate surface area is 112 Å². The number of anilines is 1. The fraction of sp³-hybridized carbons (Fsp3) is 0.286. The summed E-state index contributed by atoms with van der Waals surface area (Å²) in [6.07, 6.45) is 0. The van der Waals surface area contributed by atoms with Gasteiger partial charge in [0.2, 0.25) is 0 Å².